The van der Waals surface area contributed by atoms with E-state index in [1.54, 1.807) is 12.1 Å². The van der Waals surface area contributed by atoms with Gasteiger partial charge in [0.05, 0.1) is 0 Å². The summed E-state index contributed by atoms with van der Waals surface area (Å²) in [6.45, 7) is 1.06. The first-order valence-electron chi connectivity index (χ1n) is 6.64. The second-order valence-corrected chi connectivity index (χ2v) is 4.75. The lowest BCUT2D eigenvalue weighted by Crippen LogP contribution is -2.32. The van der Waals surface area contributed by atoms with Gasteiger partial charge >= 0.3 is 0 Å². The van der Waals surface area contributed by atoms with Crippen LogP contribution in [0.2, 0.25) is 0 Å². The molecular formula is C16H16N2O2. The summed E-state index contributed by atoms with van der Waals surface area (Å²) in [5.41, 5.74) is 2.29. The number of aliphatic hydroxyl groups excluding tert-OH is 1. The predicted octanol–water partition coefficient (Wildman–Crippen LogP) is 2.25. The number of anilines is 1. The molecule has 0 fully saturated rings. The van der Waals surface area contributed by atoms with Gasteiger partial charge in [0, 0.05) is 29.9 Å². The quantitative estimate of drug-likeness (QED) is 0.894. The molecule has 1 aliphatic heterocycles. The summed E-state index contributed by atoms with van der Waals surface area (Å²) in [6, 6.07) is 17.0. The molecule has 0 aromatic heterocycles. The van der Waals surface area contributed by atoms with Gasteiger partial charge in [0.15, 0.2) is 6.23 Å². The molecule has 1 heterocycles. The molecule has 0 bridgehead atoms. The number of benzene rings is 2. The Balaban J connectivity index is 1.64. The lowest BCUT2D eigenvalue weighted by molar-refractivity contribution is 0.0196. The van der Waals surface area contributed by atoms with Crippen LogP contribution in [0.1, 0.15) is 22.1 Å². The Bertz CT molecular complexity index is 613. The van der Waals surface area contributed by atoms with Crippen molar-refractivity contribution in [3.63, 3.8) is 0 Å². The van der Waals surface area contributed by atoms with Crippen LogP contribution >= 0.6 is 0 Å². The molecule has 0 saturated heterocycles. The van der Waals surface area contributed by atoms with E-state index in [1.165, 1.54) is 4.90 Å². The molecular weight excluding hydrogens is 252 g/mol. The molecule has 102 valence electrons. The lowest BCUT2D eigenvalue weighted by Gasteiger charge is -2.21. The summed E-state index contributed by atoms with van der Waals surface area (Å²) in [6.07, 6.45) is -0.837. The van der Waals surface area contributed by atoms with Gasteiger partial charge in [0.1, 0.15) is 0 Å². The van der Waals surface area contributed by atoms with Crippen molar-refractivity contribution in [3.8, 4) is 0 Å². The maximum absolute atomic E-state index is 12.2. The molecule has 2 aromatic carbocycles. The zero-order valence-electron chi connectivity index (χ0n) is 11.0. The van der Waals surface area contributed by atoms with Gasteiger partial charge in [0.2, 0.25) is 0 Å². The van der Waals surface area contributed by atoms with Crippen LogP contribution in [0.15, 0.2) is 54.6 Å². The maximum Gasteiger partial charge on any atom is 0.256 e. The molecule has 0 saturated carbocycles. The Morgan fingerprint density at radius 1 is 1.05 bits per heavy atom. The molecule has 0 spiro atoms. The number of hydrogen-bond acceptors (Lipinski definition) is 3. The van der Waals surface area contributed by atoms with Crippen molar-refractivity contribution in [1.29, 1.82) is 0 Å². The van der Waals surface area contributed by atoms with E-state index in [9.17, 15) is 9.90 Å². The predicted molar refractivity (Wildman–Crippen MR) is 77.4 cm³/mol. The topological polar surface area (TPSA) is 52.6 Å². The number of nitrogens with one attached hydrogen (secondary N) is 1. The minimum absolute atomic E-state index is 0.108. The number of fused-ring (bicyclic) bond motifs is 1. The Labute approximate surface area is 117 Å². The molecule has 0 radical (unpaired) electrons. The first-order valence-corrected chi connectivity index (χ1v) is 6.64. The first kappa shape index (κ1) is 12.7. The first-order chi connectivity index (χ1) is 9.77. The van der Waals surface area contributed by atoms with Crippen LogP contribution in [-0.4, -0.2) is 29.0 Å². The molecule has 4 nitrogen and oxygen atoms in total. The van der Waals surface area contributed by atoms with Crippen LogP contribution < -0.4 is 5.32 Å². The monoisotopic (exact) mass is 268 g/mol. The van der Waals surface area contributed by atoms with Crippen molar-refractivity contribution >= 4 is 11.6 Å². The molecule has 1 atom stereocenters. The molecule has 3 rings (SSSR count). The summed E-state index contributed by atoms with van der Waals surface area (Å²) in [4.78, 5) is 13.7. The van der Waals surface area contributed by atoms with Crippen molar-refractivity contribution in [2.75, 3.05) is 18.4 Å². The Hall–Kier alpha value is -2.33. The number of hydrogen-bond donors (Lipinski definition) is 2. The van der Waals surface area contributed by atoms with E-state index in [2.05, 4.69) is 5.32 Å². The molecule has 1 amide bonds. The third kappa shape index (κ3) is 2.26. The summed E-state index contributed by atoms with van der Waals surface area (Å²) in [7, 11) is 0. The van der Waals surface area contributed by atoms with Crippen molar-refractivity contribution < 1.29 is 9.90 Å². The van der Waals surface area contributed by atoms with Crippen LogP contribution in [0.4, 0.5) is 5.69 Å². The standard InChI is InChI=1S/C16H16N2O2/c19-15-13-8-4-5-9-14(13)16(20)18(15)11-10-17-12-6-2-1-3-7-12/h1-9,15,17,19H,10-11H2. The number of rotatable bonds is 4. The third-order valence-electron chi connectivity index (χ3n) is 3.48. The largest absolute Gasteiger partial charge is 0.383 e. The van der Waals surface area contributed by atoms with Crippen LogP contribution in [0.5, 0.6) is 0 Å². The highest BCUT2D eigenvalue weighted by atomic mass is 16.3. The normalized spacial score (nSPS) is 17.1. The van der Waals surface area contributed by atoms with E-state index in [4.69, 9.17) is 0 Å². The molecule has 0 aliphatic carbocycles. The van der Waals surface area contributed by atoms with Gasteiger partial charge in [-0.25, -0.2) is 0 Å². The molecule has 1 unspecified atom stereocenters. The summed E-state index contributed by atoms with van der Waals surface area (Å²) < 4.78 is 0. The zero-order chi connectivity index (χ0) is 13.9. The smallest absolute Gasteiger partial charge is 0.256 e. The van der Waals surface area contributed by atoms with Gasteiger partial charge in [-0.15, -0.1) is 0 Å². The van der Waals surface area contributed by atoms with E-state index in [1.807, 2.05) is 42.5 Å². The Morgan fingerprint density at radius 3 is 2.50 bits per heavy atom. The highest BCUT2D eigenvalue weighted by Crippen LogP contribution is 2.30. The van der Waals surface area contributed by atoms with Gasteiger partial charge in [-0.1, -0.05) is 36.4 Å². The Kier molecular flexibility index (Phi) is 3.39. The lowest BCUT2D eigenvalue weighted by atomic mass is 10.1. The molecule has 4 heteroatoms. The molecule has 1 aliphatic rings. The average Bonchev–Trinajstić information content (AvgIpc) is 2.74. The van der Waals surface area contributed by atoms with E-state index in [0.717, 1.165) is 5.69 Å². The van der Waals surface area contributed by atoms with Crippen LogP contribution in [0.3, 0.4) is 0 Å². The summed E-state index contributed by atoms with van der Waals surface area (Å²) in [5, 5.41) is 13.4. The summed E-state index contributed by atoms with van der Waals surface area (Å²) in [5.74, 6) is -0.108. The van der Waals surface area contributed by atoms with Crippen LogP contribution in [0, 0.1) is 0 Å². The van der Waals surface area contributed by atoms with E-state index in [0.29, 0.717) is 24.2 Å². The van der Waals surface area contributed by atoms with E-state index >= 15 is 0 Å². The maximum atomic E-state index is 12.2. The van der Waals surface area contributed by atoms with Gasteiger partial charge in [-0.05, 0) is 18.2 Å². The van der Waals surface area contributed by atoms with Gasteiger partial charge < -0.3 is 15.3 Å². The SMILES string of the molecule is O=C1c2ccccc2C(O)N1CCNc1ccccc1. The highest BCUT2D eigenvalue weighted by molar-refractivity contribution is 5.98. The van der Waals surface area contributed by atoms with Crippen molar-refractivity contribution in [2.24, 2.45) is 0 Å². The molecule has 2 aromatic rings. The number of para-hydroxylation sites is 1. The highest BCUT2D eigenvalue weighted by Gasteiger charge is 2.34. The van der Waals surface area contributed by atoms with Crippen molar-refractivity contribution in [2.45, 2.75) is 6.23 Å². The minimum atomic E-state index is -0.837. The van der Waals surface area contributed by atoms with E-state index < -0.39 is 6.23 Å². The molecule has 2 N–H and O–H groups in total. The second-order valence-electron chi connectivity index (χ2n) is 4.75. The number of aliphatic hydroxyl groups is 1. The Morgan fingerprint density at radius 2 is 1.75 bits per heavy atom. The average molecular weight is 268 g/mol. The number of carbonyl (C=O) groups is 1. The summed E-state index contributed by atoms with van der Waals surface area (Å²) >= 11 is 0. The second kappa shape index (κ2) is 5.35. The van der Waals surface area contributed by atoms with Crippen LogP contribution in [-0.2, 0) is 0 Å². The van der Waals surface area contributed by atoms with E-state index in [-0.39, 0.29) is 5.91 Å². The number of carbonyl (C=O) groups excluding carboxylic acids is 1. The van der Waals surface area contributed by atoms with Crippen molar-refractivity contribution in [3.05, 3.63) is 65.7 Å². The number of amides is 1. The minimum Gasteiger partial charge on any atom is -0.383 e. The van der Waals surface area contributed by atoms with Gasteiger partial charge in [-0.3, -0.25) is 4.79 Å². The van der Waals surface area contributed by atoms with Crippen LogP contribution in [0.25, 0.3) is 0 Å². The van der Waals surface area contributed by atoms with Crippen molar-refractivity contribution in [1.82, 2.24) is 4.90 Å². The fourth-order valence-electron chi connectivity index (χ4n) is 2.45. The fraction of sp³-hybridized carbons (Fsp3) is 0.188. The van der Waals surface area contributed by atoms with Gasteiger partial charge in [0.25, 0.3) is 5.91 Å². The third-order valence-corrected chi connectivity index (χ3v) is 3.48. The van der Waals surface area contributed by atoms with Gasteiger partial charge in [-0.2, -0.15) is 0 Å². The fourth-order valence-corrected chi connectivity index (χ4v) is 2.45. The molecule has 20 heavy (non-hydrogen) atoms. The number of nitrogens with zero attached hydrogens (tertiary/aromatic N) is 1. The zero-order valence-corrected chi connectivity index (χ0v) is 11.0.